The molecule has 0 unspecified atom stereocenters. The Hall–Kier alpha value is -0.280. The Morgan fingerprint density at radius 1 is 1.33 bits per heavy atom. The van der Waals surface area contributed by atoms with Crippen LogP contribution in [-0.4, -0.2) is 54.3 Å². The first kappa shape index (κ1) is 11.2. The number of amides is 1. The molecule has 86 valence electrons. The minimum atomic E-state index is 0.385. The Morgan fingerprint density at radius 2 is 2.07 bits per heavy atom. The van der Waals surface area contributed by atoms with Crippen LogP contribution < -0.4 is 0 Å². The molecule has 3 nitrogen and oxygen atoms in total. The van der Waals surface area contributed by atoms with Gasteiger partial charge in [-0.05, 0) is 24.8 Å². The van der Waals surface area contributed by atoms with Gasteiger partial charge in [-0.15, -0.1) is 11.6 Å². The molecular weight excluding hydrogens is 212 g/mol. The molecule has 2 fully saturated rings. The first-order valence-electron chi connectivity index (χ1n) is 5.78. The maximum absolute atomic E-state index is 10.6. The molecule has 1 saturated heterocycles. The lowest BCUT2D eigenvalue weighted by Gasteiger charge is -2.19. The van der Waals surface area contributed by atoms with Crippen molar-refractivity contribution in [3.63, 3.8) is 0 Å². The number of halogens is 1. The Morgan fingerprint density at radius 3 is 2.67 bits per heavy atom. The van der Waals surface area contributed by atoms with E-state index in [9.17, 15) is 4.79 Å². The third-order valence-electron chi connectivity index (χ3n) is 3.69. The van der Waals surface area contributed by atoms with Crippen LogP contribution in [0.4, 0.5) is 0 Å². The van der Waals surface area contributed by atoms with Gasteiger partial charge in [-0.25, -0.2) is 0 Å². The van der Waals surface area contributed by atoms with Crippen molar-refractivity contribution in [3.05, 3.63) is 0 Å². The van der Waals surface area contributed by atoms with E-state index < -0.39 is 0 Å². The average molecular weight is 231 g/mol. The fraction of sp³-hybridized carbons (Fsp3) is 0.909. The third-order valence-corrected chi connectivity index (χ3v) is 4.41. The molecule has 1 aliphatic carbocycles. The first-order chi connectivity index (χ1) is 7.22. The Bertz CT molecular complexity index is 229. The molecule has 1 aliphatic heterocycles. The monoisotopic (exact) mass is 230 g/mol. The predicted molar refractivity (Wildman–Crippen MR) is 61.0 cm³/mol. The van der Waals surface area contributed by atoms with Gasteiger partial charge in [0.15, 0.2) is 0 Å². The Kier molecular flexibility index (Phi) is 3.52. The molecule has 0 radical (unpaired) electrons. The van der Waals surface area contributed by atoms with Gasteiger partial charge in [-0.2, -0.15) is 0 Å². The van der Waals surface area contributed by atoms with E-state index in [1.54, 1.807) is 0 Å². The molecule has 1 saturated carbocycles. The van der Waals surface area contributed by atoms with Crippen LogP contribution in [-0.2, 0) is 4.79 Å². The molecule has 2 rings (SSSR count). The second kappa shape index (κ2) is 4.71. The van der Waals surface area contributed by atoms with Gasteiger partial charge in [0.05, 0.1) is 0 Å². The Balaban J connectivity index is 1.76. The zero-order valence-electron chi connectivity index (χ0n) is 9.23. The maximum Gasteiger partial charge on any atom is 0.209 e. The van der Waals surface area contributed by atoms with Crippen LogP contribution in [0.1, 0.15) is 13.3 Å². The molecule has 0 aromatic heterocycles. The standard InChI is InChI=1S/C11H19ClN2O/c1-9-10(11(9)12)7-13-3-2-4-14(8-15)6-5-13/h8-11H,2-7H2,1H3/t9-,10+,11-/m0/s1. The van der Waals surface area contributed by atoms with E-state index in [2.05, 4.69) is 11.8 Å². The van der Waals surface area contributed by atoms with Gasteiger partial charge in [-0.3, -0.25) is 4.79 Å². The minimum Gasteiger partial charge on any atom is -0.344 e. The number of hydrogen-bond donors (Lipinski definition) is 0. The zero-order valence-corrected chi connectivity index (χ0v) is 9.99. The topological polar surface area (TPSA) is 23.6 Å². The lowest BCUT2D eigenvalue weighted by Crippen LogP contribution is -2.31. The molecular formula is C11H19ClN2O. The summed E-state index contributed by atoms with van der Waals surface area (Å²) in [5.41, 5.74) is 0. The zero-order chi connectivity index (χ0) is 10.8. The van der Waals surface area contributed by atoms with Gasteiger partial charge in [0.25, 0.3) is 0 Å². The van der Waals surface area contributed by atoms with Gasteiger partial charge in [0, 0.05) is 31.6 Å². The summed E-state index contributed by atoms with van der Waals surface area (Å²) < 4.78 is 0. The maximum atomic E-state index is 10.6. The smallest absolute Gasteiger partial charge is 0.209 e. The first-order valence-corrected chi connectivity index (χ1v) is 6.22. The van der Waals surface area contributed by atoms with E-state index in [0.717, 1.165) is 45.6 Å². The van der Waals surface area contributed by atoms with Crippen molar-refractivity contribution in [2.75, 3.05) is 32.7 Å². The van der Waals surface area contributed by atoms with Crippen molar-refractivity contribution in [1.29, 1.82) is 0 Å². The van der Waals surface area contributed by atoms with Gasteiger partial charge in [-0.1, -0.05) is 6.92 Å². The molecule has 15 heavy (non-hydrogen) atoms. The van der Waals surface area contributed by atoms with Crippen molar-refractivity contribution < 1.29 is 4.79 Å². The van der Waals surface area contributed by atoms with Gasteiger partial charge in [0.1, 0.15) is 0 Å². The quantitative estimate of drug-likeness (QED) is 0.534. The fourth-order valence-electron chi connectivity index (χ4n) is 2.34. The number of alkyl halides is 1. The largest absolute Gasteiger partial charge is 0.344 e. The molecule has 2 aliphatic rings. The SMILES string of the molecule is C[C@@H]1[C@H](Cl)[C@@H]1CN1CCCN(C=O)CC1. The average Bonchev–Trinajstić information content (AvgIpc) is 2.88. The van der Waals surface area contributed by atoms with Gasteiger partial charge < -0.3 is 9.80 Å². The van der Waals surface area contributed by atoms with Gasteiger partial charge >= 0.3 is 0 Å². The van der Waals surface area contributed by atoms with Crippen molar-refractivity contribution in [1.82, 2.24) is 9.80 Å². The van der Waals surface area contributed by atoms with Crippen molar-refractivity contribution in [2.45, 2.75) is 18.7 Å². The van der Waals surface area contributed by atoms with Crippen LogP contribution >= 0.6 is 11.6 Å². The summed E-state index contributed by atoms with van der Waals surface area (Å²) in [6.45, 7) is 7.23. The van der Waals surface area contributed by atoms with E-state index in [-0.39, 0.29) is 0 Å². The number of carbonyl (C=O) groups is 1. The van der Waals surface area contributed by atoms with Crippen molar-refractivity contribution in [2.24, 2.45) is 11.8 Å². The lowest BCUT2D eigenvalue weighted by atomic mass is 10.3. The van der Waals surface area contributed by atoms with E-state index >= 15 is 0 Å². The van der Waals surface area contributed by atoms with Gasteiger partial charge in [0.2, 0.25) is 6.41 Å². The second-order valence-corrected chi connectivity index (χ2v) is 5.27. The molecule has 0 spiro atoms. The summed E-state index contributed by atoms with van der Waals surface area (Å²) >= 11 is 6.13. The van der Waals surface area contributed by atoms with E-state index in [4.69, 9.17) is 11.6 Å². The molecule has 1 heterocycles. The number of rotatable bonds is 3. The fourth-order valence-corrected chi connectivity index (χ4v) is 2.75. The number of carbonyl (C=O) groups excluding carboxylic acids is 1. The highest BCUT2D eigenvalue weighted by molar-refractivity contribution is 6.23. The summed E-state index contributed by atoms with van der Waals surface area (Å²) in [6, 6.07) is 0. The highest BCUT2D eigenvalue weighted by atomic mass is 35.5. The predicted octanol–water partition coefficient (Wildman–Crippen LogP) is 1.02. The van der Waals surface area contributed by atoms with Crippen LogP contribution in [0.25, 0.3) is 0 Å². The number of hydrogen-bond acceptors (Lipinski definition) is 2. The molecule has 0 bridgehead atoms. The highest BCUT2D eigenvalue weighted by Gasteiger charge is 2.45. The summed E-state index contributed by atoms with van der Waals surface area (Å²) in [4.78, 5) is 15.0. The van der Waals surface area contributed by atoms with Crippen LogP contribution in [0.3, 0.4) is 0 Å². The normalized spacial score (nSPS) is 37.5. The van der Waals surface area contributed by atoms with E-state index in [1.807, 2.05) is 4.90 Å². The van der Waals surface area contributed by atoms with Crippen molar-refractivity contribution >= 4 is 18.0 Å². The van der Waals surface area contributed by atoms with Crippen LogP contribution in [0.15, 0.2) is 0 Å². The summed E-state index contributed by atoms with van der Waals surface area (Å²) in [6.07, 6.45) is 2.06. The van der Waals surface area contributed by atoms with Crippen molar-refractivity contribution in [3.8, 4) is 0 Å². The molecule has 4 heteroatoms. The van der Waals surface area contributed by atoms with E-state index in [1.165, 1.54) is 0 Å². The molecule has 0 aromatic rings. The molecule has 3 atom stereocenters. The molecule has 1 amide bonds. The van der Waals surface area contributed by atoms with Crippen LogP contribution in [0.5, 0.6) is 0 Å². The summed E-state index contributed by atoms with van der Waals surface area (Å²) in [5, 5.41) is 0.385. The van der Waals surface area contributed by atoms with Crippen LogP contribution in [0.2, 0.25) is 0 Å². The number of nitrogens with zero attached hydrogens (tertiary/aromatic N) is 2. The lowest BCUT2D eigenvalue weighted by molar-refractivity contribution is -0.118. The van der Waals surface area contributed by atoms with Crippen LogP contribution in [0, 0.1) is 11.8 Å². The molecule has 0 aromatic carbocycles. The van der Waals surface area contributed by atoms with E-state index in [0.29, 0.717) is 17.2 Å². The second-order valence-electron chi connectivity index (χ2n) is 4.76. The minimum absolute atomic E-state index is 0.385. The molecule has 0 N–H and O–H groups in total. The Labute approximate surface area is 96.4 Å². The highest BCUT2D eigenvalue weighted by Crippen LogP contribution is 2.43. The summed E-state index contributed by atoms with van der Waals surface area (Å²) in [7, 11) is 0. The third kappa shape index (κ3) is 2.64. The summed E-state index contributed by atoms with van der Waals surface area (Å²) in [5.74, 6) is 1.35.